The van der Waals surface area contributed by atoms with Crippen LogP contribution in [0.5, 0.6) is 0 Å². The Morgan fingerprint density at radius 3 is 2.42 bits per heavy atom. The fraction of sp³-hybridized carbons (Fsp3) is 0.133. The summed E-state index contributed by atoms with van der Waals surface area (Å²) in [6.07, 6.45) is -4.75. The number of aromatic nitrogens is 1. The monoisotopic (exact) mass is 372 g/mol. The molecule has 1 aromatic heterocycles. The molecule has 3 aromatic rings. The highest BCUT2D eigenvalue weighted by Crippen LogP contribution is 2.34. The molecule has 3 rings (SSSR count). The third-order valence-electron chi connectivity index (χ3n) is 3.23. The van der Waals surface area contributed by atoms with Crippen LogP contribution in [0.3, 0.4) is 0 Å². The van der Waals surface area contributed by atoms with Gasteiger partial charge in [0.05, 0.1) is 27.2 Å². The number of para-hydroxylation sites is 1. The number of nitrogens with one attached hydrogen (secondary N) is 1. The van der Waals surface area contributed by atoms with Crippen LogP contribution in [0.15, 0.2) is 53.4 Å². The van der Waals surface area contributed by atoms with Gasteiger partial charge in [0.1, 0.15) is 5.01 Å². The average Bonchev–Trinajstić information content (AvgIpc) is 2.95. The van der Waals surface area contributed by atoms with Crippen LogP contribution < -0.4 is 4.72 Å². The van der Waals surface area contributed by atoms with Crippen LogP contribution in [0, 0.1) is 0 Å². The second-order valence-electron chi connectivity index (χ2n) is 4.89. The van der Waals surface area contributed by atoms with E-state index in [1.54, 1.807) is 12.1 Å². The van der Waals surface area contributed by atoms with Crippen molar-refractivity contribution in [3.8, 4) is 0 Å². The van der Waals surface area contributed by atoms with Crippen molar-refractivity contribution in [1.82, 2.24) is 9.71 Å². The van der Waals surface area contributed by atoms with Gasteiger partial charge in [0.15, 0.2) is 0 Å². The van der Waals surface area contributed by atoms with E-state index >= 15 is 0 Å². The van der Waals surface area contributed by atoms with Crippen LogP contribution in [0.2, 0.25) is 0 Å². The lowest BCUT2D eigenvalue weighted by molar-refractivity contribution is -0.139. The fourth-order valence-corrected chi connectivity index (χ4v) is 4.38. The van der Waals surface area contributed by atoms with E-state index < -0.39 is 26.7 Å². The molecule has 0 radical (unpaired) electrons. The van der Waals surface area contributed by atoms with Crippen LogP contribution in [0.25, 0.3) is 10.2 Å². The largest absolute Gasteiger partial charge is 0.417 e. The van der Waals surface area contributed by atoms with Gasteiger partial charge in [0.2, 0.25) is 10.0 Å². The predicted molar refractivity (Wildman–Crippen MR) is 85.1 cm³/mol. The summed E-state index contributed by atoms with van der Waals surface area (Å²) in [6, 6.07) is 11.3. The molecule has 126 valence electrons. The van der Waals surface area contributed by atoms with E-state index in [4.69, 9.17) is 0 Å². The summed E-state index contributed by atoms with van der Waals surface area (Å²) in [6.45, 7) is -0.173. The minimum Gasteiger partial charge on any atom is -0.240 e. The van der Waals surface area contributed by atoms with E-state index in [0.29, 0.717) is 10.5 Å². The normalized spacial score (nSPS) is 12.6. The highest BCUT2D eigenvalue weighted by atomic mass is 32.2. The standard InChI is InChI=1S/C15H11F3N2O2S2/c16-15(17,18)10-5-1-4-8-13(10)24(21,22)19-9-14-20-11-6-2-3-7-12(11)23-14/h1-8,19H,9H2. The zero-order valence-electron chi connectivity index (χ0n) is 12.0. The zero-order chi connectivity index (χ0) is 17.4. The summed E-state index contributed by atoms with van der Waals surface area (Å²) in [5, 5.41) is 0.476. The van der Waals surface area contributed by atoms with Crippen molar-refractivity contribution in [2.75, 3.05) is 0 Å². The molecule has 1 heterocycles. The minimum atomic E-state index is -4.75. The number of halogens is 3. The molecule has 0 saturated heterocycles. The molecule has 0 amide bonds. The molecule has 4 nitrogen and oxygen atoms in total. The zero-order valence-corrected chi connectivity index (χ0v) is 13.7. The molecule has 0 bridgehead atoms. The van der Waals surface area contributed by atoms with Gasteiger partial charge in [-0.05, 0) is 24.3 Å². The first-order chi connectivity index (χ1) is 11.3. The van der Waals surface area contributed by atoms with Crippen molar-refractivity contribution >= 4 is 31.6 Å². The Balaban J connectivity index is 1.87. The highest BCUT2D eigenvalue weighted by molar-refractivity contribution is 7.89. The van der Waals surface area contributed by atoms with Crippen LogP contribution in [0.1, 0.15) is 10.6 Å². The maximum absolute atomic E-state index is 13.0. The second kappa shape index (κ2) is 6.15. The van der Waals surface area contributed by atoms with Crippen molar-refractivity contribution < 1.29 is 21.6 Å². The number of sulfonamides is 1. The number of rotatable bonds is 4. The Kier molecular flexibility index (Phi) is 4.33. The number of hydrogen-bond acceptors (Lipinski definition) is 4. The molecule has 0 spiro atoms. The summed E-state index contributed by atoms with van der Waals surface area (Å²) in [5.41, 5.74) is -0.478. The van der Waals surface area contributed by atoms with Crippen LogP contribution in [-0.4, -0.2) is 13.4 Å². The molecule has 0 aliphatic heterocycles. The quantitative estimate of drug-likeness (QED) is 0.758. The van der Waals surface area contributed by atoms with Gasteiger partial charge in [-0.1, -0.05) is 24.3 Å². The number of hydrogen-bond donors (Lipinski definition) is 1. The lowest BCUT2D eigenvalue weighted by Gasteiger charge is -2.13. The SMILES string of the molecule is O=S(=O)(NCc1nc2ccccc2s1)c1ccccc1C(F)(F)F. The maximum atomic E-state index is 13.0. The van der Waals surface area contributed by atoms with Gasteiger partial charge in [-0.3, -0.25) is 0 Å². The number of fused-ring (bicyclic) bond motifs is 1. The van der Waals surface area contributed by atoms with Gasteiger partial charge in [-0.2, -0.15) is 13.2 Å². The minimum absolute atomic E-state index is 0.173. The molecule has 0 unspecified atom stereocenters. The molecular formula is C15H11F3N2O2S2. The second-order valence-corrected chi connectivity index (χ2v) is 7.74. The van der Waals surface area contributed by atoms with Gasteiger partial charge in [-0.25, -0.2) is 18.1 Å². The molecular weight excluding hydrogens is 361 g/mol. The van der Waals surface area contributed by atoms with E-state index in [9.17, 15) is 21.6 Å². The van der Waals surface area contributed by atoms with Gasteiger partial charge in [0, 0.05) is 0 Å². The summed E-state index contributed by atoms with van der Waals surface area (Å²) in [5.74, 6) is 0. The summed E-state index contributed by atoms with van der Waals surface area (Å²) < 4.78 is 66.5. The molecule has 9 heteroatoms. The number of thiazole rings is 1. The van der Waals surface area contributed by atoms with E-state index in [-0.39, 0.29) is 6.54 Å². The van der Waals surface area contributed by atoms with Crippen LogP contribution in [0.4, 0.5) is 13.2 Å². The molecule has 0 aliphatic carbocycles. The Hall–Kier alpha value is -1.97. The number of alkyl halides is 3. The topological polar surface area (TPSA) is 59.1 Å². The molecule has 2 aromatic carbocycles. The van der Waals surface area contributed by atoms with E-state index in [1.165, 1.54) is 17.4 Å². The predicted octanol–water partition coefficient (Wildman–Crippen LogP) is 3.79. The van der Waals surface area contributed by atoms with E-state index in [0.717, 1.165) is 22.9 Å². The molecule has 24 heavy (non-hydrogen) atoms. The van der Waals surface area contributed by atoms with Crippen LogP contribution in [-0.2, 0) is 22.7 Å². The maximum Gasteiger partial charge on any atom is 0.417 e. The number of nitrogens with zero attached hydrogens (tertiary/aromatic N) is 1. The third-order valence-corrected chi connectivity index (χ3v) is 5.73. The number of benzene rings is 2. The lowest BCUT2D eigenvalue weighted by Crippen LogP contribution is -2.26. The first-order valence-electron chi connectivity index (χ1n) is 6.78. The summed E-state index contributed by atoms with van der Waals surface area (Å²) in [4.78, 5) is 3.46. The fourth-order valence-electron chi connectivity index (χ4n) is 2.17. The lowest BCUT2D eigenvalue weighted by atomic mass is 10.2. The molecule has 0 saturated carbocycles. The Morgan fingerprint density at radius 2 is 1.71 bits per heavy atom. The van der Waals surface area contributed by atoms with Gasteiger partial charge < -0.3 is 0 Å². The summed E-state index contributed by atoms with van der Waals surface area (Å²) >= 11 is 1.28. The van der Waals surface area contributed by atoms with Gasteiger partial charge in [-0.15, -0.1) is 11.3 Å². The van der Waals surface area contributed by atoms with Crippen molar-refractivity contribution in [2.24, 2.45) is 0 Å². The van der Waals surface area contributed by atoms with E-state index in [1.807, 2.05) is 12.1 Å². The van der Waals surface area contributed by atoms with Crippen LogP contribution >= 0.6 is 11.3 Å². The van der Waals surface area contributed by atoms with E-state index in [2.05, 4.69) is 9.71 Å². The molecule has 1 N–H and O–H groups in total. The van der Waals surface area contributed by atoms with Crippen molar-refractivity contribution in [1.29, 1.82) is 0 Å². The Labute approximate surface area is 140 Å². The first kappa shape index (κ1) is 16.9. The van der Waals surface area contributed by atoms with Crippen molar-refractivity contribution in [3.63, 3.8) is 0 Å². The molecule has 0 atom stereocenters. The van der Waals surface area contributed by atoms with Crippen molar-refractivity contribution in [3.05, 3.63) is 59.1 Å². The highest BCUT2D eigenvalue weighted by Gasteiger charge is 2.36. The molecule has 0 fully saturated rings. The Bertz CT molecular complexity index is 949. The van der Waals surface area contributed by atoms with Crippen molar-refractivity contribution in [2.45, 2.75) is 17.6 Å². The first-order valence-corrected chi connectivity index (χ1v) is 9.08. The average molecular weight is 372 g/mol. The molecule has 0 aliphatic rings. The third kappa shape index (κ3) is 3.42. The smallest absolute Gasteiger partial charge is 0.240 e. The van der Waals surface area contributed by atoms with Gasteiger partial charge >= 0.3 is 6.18 Å². The Morgan fingerprint density at radius 1 is 1.04 bits per heavy atom. The summed E-state index contributed by atoms with van der Waals surface area (Å²) in [7, 11) is -4.31. The van der Waals surface area contributed by atoms with Gasteiger partial charge in [0.25, 0.3) is 0 Å².